The van der Waals surface area contributed by atoms with E-state index in [0.717, 1.165) is 5.56 Å². The average Bonchev–Trinajstić information content (AvgIpc) is 2.47. The molecular formula is C14H22N2O5S2. The lowest BCUT2D eigenvalue weighted by Crippen LogP contribution is -2.46. The van der Waals surface area contributed by atoms with E-state index < -0.39 is 20.0 Å². The van der Waals surface area contributed by atoms with Crippen molar-refractivity contribution in [3.63, 3.8) is 0 Å². The number of benzene rings is 1. The minimum absolute atomic E-state index is 0.134. The molecular weight excluding hydrogens is 340 g/mol. The highest BCUT2D eigenvalue weighted by Crippen LogP contribution is 2.12. The number of sulfonamides is 2. The first-order valence-corrected chi connectivity index (χ1v) is 10.5. The fourth-order valence-corrected chi connectivity index (χ4v) is 5.01. The fraction of sp³-hybridized carbons (Fsp3) is 0.571. The van der Waals surface area contributed by atoms with Crippen molar-refractivity contribution in [2.24, 2.45) is 0 Å². The van der Waals surface area contributed by atoms with Crippen molar-refractivity contribution in [2.45, 2.75) is 24.8 Å². The SMILES string of the molecule is Cc1cccc(S(=O)(=O)NCCS(=O)(=O)N2CCOC(C)C2)c1. The highest BCUT2D eigenvalue weighted by Gasteiger charge is 2.27. The summed E-state index contributed by atoms with van der Waals surface area (Å²) in [6.45, 7) is 4.40. The van der Waals surface area contributed by atoms with Crippen LogP contribution in [0.25, 0.3) is 0 Å². The van der Waals surface area contributed by atoms with E-state index >= 15 is 0 Å². The minimum Gasteiger partial charge on any atom is -0.376 e. The van der Waals surface area contributed by atoms with Crippen LogP contribution in [0.15, 0.2) is 29.2 Å². The molecule has 1 aromatic rings. The zero-order valence-corrected chi connectivity index (χ0v) is 14.9. The molecule has 1 aliphatic heterocycles. The van der Waals surface area contributed by atoms with Crippen LogP contribution in [-0.2, 0) is 24.8 Å². The van der Waals surface area contributed by atoms with Gasteiger partial charge >= 0.3 is 0 Å². The second kappa shape index (κ2) is 7.27. The van der Waals surface area contributed by atoms with Crippen LogP contribution in [0.2, 0.25) is 0 Å². The van der Waals surface area contributed by atoms with Gasteiger partial charge in [-0.3, -0.25) is 0 Å². The number of nitrogens with one attached hydrogen (secondary N) is 1. The van der Waals surface area contributed by atoms with Crippen molar-refractivity contribution in [2.75, 3.05) is 32.0 Å². The highest BCUT2D eigenvalue weighted by molar-refractivity contribution is 7.90. The molecule has 9 heteroatoms. The van der Waals surface area contributed by atoms with Gasteiger partial charge in [0.2, 0.25) is 20.0 Å². The minimum atomic E-state index is -3.70. The third-order valence-electron chi connectivity index (χ3n) is 3.55. The standard InChI is InChI=1S/C14H22N2O5S2/c1-12-4-3-5-14(10-12)23(19,20)15-6-9-22(17,18)16-7-8-21-13(2)11-16/h3-5,10,13,15H,6-9,11H2,1-2H3. The summed E-state index contributed by atoms with van der Waals surface area (Å²) in [5.41, 5.74) is 0.822. The maximum absolute atomic E-state index is 12.2. The van der Waals surface area contributed by atoms with Crippen LogP contribution in [-0.4, -0.2) is 59.2 Å². The number of hydrogen-bond donors (Lipinski definition) is 1. The van der Waals surface area contributed by atoms with Gasteiger partial charge in [0, 0.05) is 19.6 Å². The molecule has 1 unspecified atom stereocenters. The van der Waals surface area contributed by atoms with Crippen LogP contribution < -0.4 is 4.72 Å². The summed E-state index contributed by atoms with van der Waals surface area (Å²) in [6.07, 6.45) is -0.150. The molecule has 0 bridgehead atoms. The first kappa shape index (κ1) is 18.3. The van der Waals surface area contributed by atoms with E-state index in [1.807, 2.05) is 6.92 Å². The summed E-state index contributed by atoms with van der Waals surface area (Å²) in [6, 6.07) is 6.47. The topological polar surface area (TPSA) is 92.8 Å². The van der Waals surface area contributed by atoms with Gasteiger partial charge < -0.3 is 4.74 Å². The molecule has 0 radical (unpaired) electrons. The molecule has 0 spiro atoms. The van der Waals surface area contributed by atoms with Gasteiger partial charge in [-0.25, -0.2) is 21.6 Å². The number of morpholine rings is 1. The van der Waals surface area contributed by atoms with E-state index in [1.165, 1.54) is 10.4 Å². The number of ether oxygens (including phenoxy) is 1. The third-order valence-corrected chi connectivity index (χ3v) is 6.85. The monoisotopic (exact) mass is 362 g/mol. The van der Waals surface area contributed by atoms with Crippen molar-refractivity contribution in [1.29, 1.82) is 0 Å². The van der Waals surface area contributed by atoms with Crippen LogP contribution in [0.5, 0.6) is 0 Å². The van der Waals surface area contributed by atoms with Crippen LogP contribution in [0, 0.1) is 6.92 Å². The molecule has 1 heterocycles. The normalized spacial score (nSPS) is 20.5. The number of hydrogen-bond acceptors (Lipinski definition) is 5. The fourth-order valence-electron chi connectivity index (χ4n) is 2.34. The Morgan fingerprint density at radius 1 is 1.30 bits per heavy atom. The summed E-state index contributed by atoms with van der Waals surface area (Å²) in [5, 5.41) is 0. The highest BCUT2D eigenvalue weighted by atomic mass is 32.2. The van der Waals surface area contributed by atoms with Crippen molar-refractivity contribution in [3.05, 3.63) is 29.8 Å². The molecule has 0 aromatic heterocycles. The van der Waals surface area contributed by atoms with Crippen LogP contribution in [0.3, 0.4) is 0 Å². The van der Waals surface area contributed by atoms with Gasteiger partial charge in [-0.1, -0.05) is 12.1 Å². The van der Waals surface area contributed by atoms with Crippen molar-refractivity contribution < 1.29 is 21.6 Å². The van der Waals surface area contributed by atoms with Gasteiger partial charge in [0.05, 0.1) is 23.4 Å². The molecule has 130 valence electrons. The van der Waals surface area contributed by atoms with E-state index in [1.54, 1.807) is 25.1 Å². The Morgan fingerprint density at radius 3 is 2.70 bits per heavy atom. The van der Waals surface area contributed by atoms with Gasteiger partial charge in [-0.2, -0.15) is 4.31 Å². The van der Waals surface area contributed by atoms with Crippen molar-refractivity contribution >= 4 is 20.0 Å². The lowest BCUT2D eigenvalue weighted by atomic mass is 10.2. The van der Waals surface area contributed by atoms with Crippen molar-refractivity contribution in [3.8, 4) is 0 Å². The second-order valence-corrected chi connectivity index (χ2v) is 9.43. The van der Waals surface area contributed by atoms with E-state index in [2.05, 4.69) is 4.72 Å². The van der Waals surface area contributed by atoms with E-state index in [9.17, 15) is 16.8 Å². The molecule has 1 fully saturated rings. The van der Waals surface area contributed by atoms with Crippen molar-refractivity contribution in [1.82, 2.24) is 9.03 Å². The Bertz CT molecular complexity index is 746. The van der Waals surface area contributed by atoms with E-state index in [0.29, 0.717) is 19.7 Å². The maximum atomic E-state index is 12.2. The first-order valence-electron chi connectivity index (χ1n) is 7.36. The van der Waals surface area contributed by atoms with E-state index in [-0.39, 0.29) is 23.3 Å². The summed E-state index contributed by atoms with van der Waals surface area (Å²) in [4.78, 5) is 0.134. The lowest BCUT2D eigenvalue weighted by Gasteiger charge is -2.30. The Kier molecular flexibility index (Phi) is 5.79. The lowest BCUT2D eigenvalue weighted by molar-refractivity contribution is 0.0102. The Balaban J connectivity index is 1.95. The molecule has 1 saturated heterocycles. The summed E-state index contributed by atoms with van der Waals surface area (Å²) >= 11 is 0. The molecule has 7 nitrogen and oxygen atoms in total. The van der Waals surface area contributed by atoms with Gasteiger partial charge in [-0.05, 0) is 31.5 Å². The van der Waals surface area contributed by atoms with Crippen LogP contribution >= 0.6 is 0 Å². The Hall–Kier alpha value is -1.00. The summed E-state index contributed by atoms with van der Waals surface area (Å²) < 4.78 is 57.8. The number of nitrogens with zero attached hydrogens (tertiary/aromatic N) is 1. The van der Waals surface area contributed by atoms with Gasteiger partial charge in [-0.15, -0.1) is 0 Å². The second-order valence-electron chi connectivity index (χ2n) is 5.57. The molecule has 1 aromatic carbocycles. The molecule has 2 rings (SSSR count). The van der Waals surface area contributed by atoms with Gasteiger partial charge in [0.1, 0.15) is 0 Å². The molecule has 0 aliphatic carbocycles. The third kappa shape index (κ3) is 4.98. The maximum Gasteiger partial charge on any atom is 0.240 e. The molecule has 1 aliphatic rings. The largest absolute Gasteiger partial charge is 0.376 e. The first-order chi connectivity index (χ1) is 10.7. The predicted molar refractivity (Wildman–Crippen MR) is 87.1 cm³/mol. The quantitative estimate of drug-likeness (QED) is 0.787. The Morgan fingerprint density at radius 2 is 2.04 bits per heavy atom. The molecule has 23 heavy (non-hydrogen) atoms. The van der Waals surface area contributed by atoms with Crippen LogP contribution in [0.1, 0.15) is 12.5 Å². The summed E-state index contributed by atoms with van der Waals surface area (Å²) in [5.74, 6) is -0.273. The molecule has 0 saturated carbocycles. The average molecular weight is 362 g/mol. The van der Waals surface area contributed by atoms with Gasteiger partial charge in [0.25, 0.3) is 0 Å². The smallest absolute Gasteiger partial charge is 0.240 e. The molecule has 1 atom stereocenters. The molecule has 0 amide bonds. The number of aryl methyl sites for hydroxylation is 1. The summed E-state index contributed by atoms with van der Waals surface area (Å²) in [7, 11) is -7.21. The van der Waals surface area contributed by atoms with E-state index in [4.69, 9.17) is 4.74 Å². The Labute approximate surface area is 137 Å². The predicted octanol–water partition coefficient (Wildman–Crippen LogP) is 0.324. The molecule has 1 N–H and O–H groups in total. The van der Waals surface area contributed by atoms with Gasteiger partial charge in [0.15, 0.2) is 0 Å². The zero-order chi connectivity index (χ0) is 17.1. The van der Waals surface area contributed by atoms with Crippen LogP contribution in [0.4, 0.5) is 0 Å². The number of rotatable bonds is 6. The zero-order valence-electron chi connectivity index (χ0n) is 13.2.